The second-order valence-electron chi connectivity index (χ2n) is 5.69. The number of aromatic nitrogens is 2. The van der Waals surface area contributed by atoms with Gasteiger partial charge in [0.15, 0.2) is 5.16 Å². The molecule has 1 saturated carbocycles. The fourth-order valence-corrected chi connectivity index (χ4v) is 3.30. The van der Waals surface area contributed by atoms with Crippen molar-refractivity contribution in [2.45, 2.75) is 37.0 Å². The number of hydrogen-bond acceptors (Lipinski definition) is 4. The number of amides is 2. The van der Waals surface area contributed by atoms with Crippen LogP contribution in [0.2, 0.25) is 0 Å². The number of imidazole rings is 1. The Labute approximate surface area is 128 Å². The topological polar surface area (TPSA) is 67.2 Å². The van der Waals surface area contributed by atoms with Crippen molar-refractivity contribution in [1.82, 2.24) is 19.8 Å². The van der Waals surface area contributed by atoms with Crippen LogP contribution in [0.15, 0.2) is 11.4 Å². The molecule has 2 fully saturated rings. The number of carbonyl (C=O) groups excluding carboxylic acids is 2. The molecule has 1 aliphatic carbocycles. The maximum absolute atomic E-state index is 12.2. The van der Waals surface area contributed by atoms with E-state index in [0.717, 1.165) is 23.7 Å². The number of thioether (sulfide) groups is 1. The number of hydrogen-bond donors (Lipinski definition) is 1. The lowest BCUT2D eigenvalue weighted by molar-refractivity contribution is -0.129. The van der Waals surface area contributed by atoms with E-state index in [9.17, 15) is 9.59 Å². The minimum atomic E-state index is -0.202. The molecule has 2 aliphatic rings. The highest BCUT2D eigenvalue weighted by molar-refractivity contribution is 7.98. The number of likely N-dealkylation sites (tertiary alicyclic amines) is 1. The molecular weight excluding hydrogens is 288 g/mol. The van der Waals surface area contributed by atoms with Gasteiger partial charge in [-0.05, 0) is 19.1 Å². The van der Waals surface area contributed by atoms with Crippen LogP contribution in [0.3, 0.4) is 0 Å². The van der Waals surface area contributed by atoms with Crippen LogP contribution in [0, 0.1) is 5.92 Å². The van der Waals surface area contributed by atoms with Gasteiger partial charge in [-0.15, -0.1) is 0 Å². The fraction of sp³-hybridized carbons (Fsp3) is 0.643. The number of nitrogens with one attached hydrogen (secondary N) is 1. The van der Waals surface area contributed by atoms with Gasteiger partial charge in [0.2, 0.25) is 11.8 Å². The molecular formula is C14H20N4O2S. The third-order valence-corrected chi connectivity index (χ3v) is 4.93. The summed E-state index contributed by atoms with van der Waals surface area (Å²) >= 11 is 1.57. The van der Waals surface area contributed by atoms with Crippen molar-refractivity contribution in [3.63, 3.8) is 0 Å². The van der Waals surface area contributed by atoms with Crippen LogP contribution in [0.25, 0.3) is 0 Å². The Morgan fingerprint density at radius 3 is 2.90 bits per heavy atom. The van der Waals surface area contributed by atoms with E-state index in [1.54, 1.807) is 18.0 Å². The first-order valence-electron chi connectivity index (χ1n) is 7.22. The van der Waals surface area contributed by atoms with Gasteiger partial charge in [-0.2, -0.15) is 0 Å². The molecule has 0 unspecified atom stereocenters. The summed E-state index contributed by atoms with van der Waals surface area (Å²) in [5, 5.41) is 3.86. The number of carbonyl (C=O) groups is 2. The maximum Gasteiger partial charge on any atom is 0.225 e. The molecule has 0 aromatic carbocycles. The molecule has 1 aromatic rings. The van der Waals surface area contributed by atoms with E-state index < -0.39 is 0 Å². The highest BCUT2D eigenvalue weighted by Crippen LogP contribution is 2.32. The number of nitrogens with zero attached hydrogens (tertiary/aromatic N) is 3. The molecule has 2 heterocycles. The summed E-state index contributed by atoms with van der Waals surface area (Å²) in [7, 11) is 1.94. The normalized spacial score (nSPS) is 21.9. The lowest BCUT2D eigenvalue weighted by Crippen LogP contribution is -2.33. The Kier molecular flexibility index (Phi) is 3.93. The minimum absolute atomic E-state index is 0.0293. The summed E-state index contributed by atoms with van der Waals surface area (Å²) in [6.45, 7) is 1.04. The summed E-state index contributed by atoms with van der Waals surface area (Å²) < 4.78 is 1.97. The molecule has 7 heteroatoms. The lowest BCUT2D eigenvalue weighted by atomic mass is 10.1. The Hall–Kier alpha value is -1.50. The third kappa shape index (κ3) is 2.92. The van der Waals surface area contributed by atoms with Crippen molar-refractivity contribution in [2.24, 2.45) is 13.0 Å². The van der Waals surface area contributed by atoms with E-state index in [-0.39, 0.29) is 17.7 Å². The van der Waals surface area contributed by atoms with Gasteiger partial charge in [0.1, 0.15) is 0 Å². The molecule has 0 spiro atoms. The van der Waals surface area contributed by atoms with Crippen LogP contribution in [-0.4, -0.2) is 45.1 Å². The standard InChI is InChI=1S/C14H20N4O2S/c1-17-11(7-16-14(17)21-2)6-15-13(20)9-5-12(19)18(8-9)10-3-4-10/h7,9-10H,3-6,8H2,1-2H3,(H,15,20)/t9-/m0/s1. The van der Waals surface area contributed by atoms with E-state index >= 15 is 0 Å². The molecule has 1 atom stereocenters. The highest BCUT2D eigenvalue weighted by atomic mass is 32.2. The molecule has 21 heavy (non-hydrogen) atoms. The van der Waals surface area contributed by atoms with Crippen LogP contribution in [-0.2, 0) is 23.2 Å². The SMILES string of the molecule is CSc1ncc(CNC(=O)[C@H]2CC(=O)N(C3CC3)C2)n1C. The van der Waals surface area contributed by atoms with Gasteiger partial charge >= 0.3 is 0 Å². The molecule has 114 valence electrons. The summed E-state index contributed by atoms with van der Waals surface area (Å²) in [5.41, 5.74) is 0.969. The Balaban J connectivity index is 1.54. The van der Waals surface area contributed by atoms with Crippen LogP contribution < -0.4 is 5.32 Å². The van der Waals surface area contributed by atoms with Gasteiger partial charge < -0.3 is 14.8 Å². The van der Waals surface area contributed by atoms with Crippen molar-refractivity contribution in [3.8, 4) is 0 Å². The van der Waals surface area contributed by atoms with E-state index in [1.165, 1.54) is 0 Å². The molecule has 0 radical (unpaired) electrons. The Morgan fingerprint density at radius 2 is 2.29 bits per heavy atom. The number of rotatable bonds is 5. The zero-order valence-corrected chi connectivity index (χ0v) is 13.2. The second kappa shape index (κ2) is 5.71. The highest BCUT2D eigenvalue weighted by Gasteiger charge is 2.41. The van der Waals surface area contributed by atoms with Gasteiger partial charge in [-0.1, -0.05) is 11.8 Å². The summed E-state index contributed by atoms with van der Waals surface area (Å²) in [6, 6.07) is 0.400. The minimum Gasteiger partial charge on any atom is -0.350 e. The zero-order valence-electron chi connectivity index (χ0n) is 12.3. The molecule has 6 nitrogen and oxygen atoms in total. The molecule has 3 rings (SSSR count). The molecule has 2 amide bonds. The third-order valence-electron chi connectivity index (χ3n) is 4.18. The van der Waals surface area contributed by atoms with Crippen molar-refractivity contribution in [1.29, 1.82) is 0 Å². The zero-order chi connectivity index (χ0) is 15.0. The Morgan fingerprint density at radius 1 is 1.52 bits per heavy atom. The predicted octanol–water partition coefficient (Wildman–Crippen LogP) is 0.769. The van der Waals surface area contributed by atoms with E-state index in [0.29, 0.717) is 25.6 Å². The van der Waals surface area contributed by atoms with Crippen LogP contribution in [0.4, 0.5) is 0 Å². The van der Waals surface area contributed by atoms with Crippen LogP contribution >= 0.6 is 11.8 Å². The molecule has 1 aromatic heterocycles. The van der Waals surface area contributed by atoms with Gasteiger partial charge in [0.25, 0.3) is 0 Å². The smallest absolute Gasteiger partial charge is 0.225 e. The van der Waals surface area contributed by atoms with Gasteiger partial charge in [0, 0.05) is 26.1 Å². The van der Waals surface area contributed by atoms with Crippen molar-refractivity contribution in [3.05, 3.63) is 11.9 Å². The summed E-state index contributed by atoms with van der Waals surface area (Å²) in [6.07, 6.45) is 6.28. The lowest BCUT2D eigenvalue weighted by Gasteiger charge is -2.15. The quantitative estimate of drug-likeness (QED) is 0.816. The second-order valence-corrected chi connectivity index (χ2v) is 6.46. The average molecular weight is 308 g/mol. The molecule has 1 saturated heterocycles. The van der Waals surface area contributed by atoms with Crippen molar-refractivity contribution >= 4 is 23.6 Å². The summed E-state index contributed by atoms with van der Waals surface area (Å²) in [4.78, 5) is 30.2. The fourth-order valence-electron chi connectivity index (χ4n) is 2.75. The predicted molar refractivity (Wildman–Crippen MR) is 79.7 cm³/mol. The maximum atomic E-state index is 12.2. The van der Waals surface area contributed by atoms with E-state index in [4.69, 9.17) is 0 Å². The van der Waals surface area contributed by atoms with Crippen LogP contribution in [0.5, 0.6) is 0 Å². The van der Waals surface area contributed by atoms with Crippen molar-refractivity contribution in [2.75, 3.05) is 12.8 Å². The molecule has 0 bridgehead atoms. The summed E-state index contributed by atoms with van der Waals surface area (Å²) in [5.74, 6) is -0.104. The largest absolute Gasteiger partial charge is 0.350 e. The molecule has 1 aliphatic heterocycles. The first-order valence-corrected chi connectivity index (χ1v) is 8.44. The Bertz CT molecular complexity index is 567. The first kappa shape index (κ1) is 14.4. The van der Waals surface area contributed by atoms with Gasteiger partial charge in [-0.3, -0.25) is 9.59 Å². The monoisotopic (exact) mass is 308 g/mol. The van der Waals surface area contributed by atoms with E-state index in [2.05, 4.69) is 10.3 Å². The van der Waals surface area contributed by atoms with Crippen LogP contribution in [0.1, 0.15) is 25.0 Å². The van der Waals surface area contributed by atoms with Gasteiger partial charge in [-0.25, -0.2) is 4.98 Å². The van der Waals surface area contributed by atoms with Gasteiger partial charge in [0.05, 0.1) is 24.4 Å². The molecule has 1 N–H and O–H groups in total. The average Bonchev–Trinajstić information content (AvgIpc) is 3.15. The first-order chi connectivity index (χ1) is 10.1. The van der Waals surface area contributed by atoms with Crippen molar-refractivity contribution < 1.29 is 9.59 Å². The van der Waals surface area contributed by atoms with E-state index in [1.807, 2.05) is 22.8 Å².